The number of hydrogen-bond donors (Lipinski definition) is 3. The average Bonchev–Trinajstić information content (AvgIpc) is 2.50. The number of carbonyl (C=O) groups excluding carboxylic acids is 1. The molecule has 7 heteroatoms. The van der Waals surface area contributed by atoms with Gasteiger partial charge in [-0.05, 0) is 30.3 Å². The highest BCUT2D eigenvalue weighted by atomic mass is 16.5. The number of nitrogens with one attached hydrogen (secondary N) is 2. The molecule has 0 saturated carbocycles. The zero-order chi connectivity index (χ0) is 16.4. The van der Waals surface area contributed by atoms with Crippen LogP contribution in [0.5, 0.6) is 5.75 Å². The summed E-state index contributed by atoms with van der Waals surface area (Å²) in [6.45, 7) is 0.907. The topological polar surface area (TPSA) is 112 Å². The predicted octanol–water partition coefficient (Wildman–Crippen LogP) is 0.610. The van der Waals surface area contributed by atoms with Crippen molar-refractivity contribution >= 4 is 23.0 Å². The summed E-state index contributed by atoms with van der Waals surface area (Å²) in [5.41, 5.74) is 6.21. The maximum Gasteiger partial charge on any atom is 0.270 e. The number of nitrogens with zero attached hydrogens (tertiary/aromatic N) is 1. The molecule has 2 heterocycles. The molecule has 0 radical (unpaired) electrons. The van der Waals surface area contributed by atoms with Crippen molar-refractivity contribution in [1.82, 2.24) is 9.88 Å². The van der Waals surface area contributed by atoms with Crippen LogP contribution in [0.3, 0.4) is 0 Å². The molecule has 0 atom stereocenters. The first-order chi connectivity index (χ1) is 11.1. The van der Waals surface area contributed by atoms with E-state index in [9.17, 15) is 9.59 Å². The highest BCUT2D eigenvalue weighted by Crippen LogP contribution is 2.22. The van der Waals surface area contributed by atoms with Crippen LogP contribution in [0.2, 0.25) is 0 Å². The Labute approximate surface area is 131 Å². The van der Waals surface area contributed by atoms with Crippen LogP contribution < -0.4 is 16.0 Å². The normalized spacial score (nSPS) is 15.3. The van der Waals surface area contributed by atoms with Crippen LogP contribution in [-0.2, 0) is 4.79 Å². The monoisotopic (exact) mass is 312 g/mol. The molecule has 7 nitrogen and oxygen atoms in total. The molecule has 4 N–H and O–H groups in total. The summed E-state index contributed by atoms with van der Waals surface area (Å²) >= 11 is 0. The number of aromatic amines is 1. The van der Waals surface area contributed by atoms with Crippen LogP contribution in [0, 0.1) is 5.41 Å². The van der Waals surface area contributed by atoms with Gasteiger partial charge in [0.2, 0.25) is 5.56 Å². The van der Waals surface area contributed by atoms with Crippen molar-refractivity contribution < 1.29 is 9.53 Å². The fraction of sp³-hybridized carbons (Fsp3) is 0.188. The van der Waals surface area contributed by atoms with Crippen LogP contribution in [0.15, 0.2) is 46.9 Å². The van der Waals surface area contributed by atoms with Crippen LogP contribution in [0.25, 0.3) is 10.9 Å². The van der Waals surface area contributed by atoms with E-state index in [0.717, 1.165) is 17.1 Å². The summed E-state index contributed by atoms with van der Waals surface area (Å²) in [6, 6.07) is 8.62. The summed E-state index contributed by atoms with van der Waals surface area (Å²) < 4.78 is 5.82. The van der Waals surface area contributed by atoms with Gasteiger partial charge in [-0.25, -0.2) is 0 Å². The number of rotatable bonds is 4. The summed E-state index contributed by atoms with van der Waals surface area (Å²) in [4.78, 5) is 27.4. The minimum absolute atomic E-state index is 0.0492. The molecule has 118 valence electrons. The molecule has 1 aliphatic rings. The zero-order valence-electron chi connectivity index (χ0n) is 12.3. The van der Waals surface area contributed by atoms with Crippen molar-refractivity contribution in [3.8, 4) is 5.75 Å². The third-order valence-corrected chi connectivity index (χ3v) is 3.64. The van der Waals surface area contributed by atoms with E-state index in [-0.39, 0.29) is 23.3 Å². The van der Waals surface area contributed by atoms with Crippen LogP contribution in [0.4, 0.5) is 0 Å². The van der Waals surface area contributed by atoms with Gasteiger partial charge >= 0.3 is 0 Å². The quantitative estimate of drug-likeness (QED) is 0.567. The molecule has 1 saturated heterocycles. The number of H-pyrrole nitrogens is 1. The molecule has 23 heavy (non-hydrogen) atoms. The minimum atomic E-state index is -0.288. The highest BCUT2D eigenvalue weighted by molar-refractivity contribution is 5.96. The second kappa shape index (κ2) is 5.96. The standard InChI is InChI=1S/C16H16N4O3/c17-6-5-13(18)16(22)20-8-12(9-20)23-11-2-3-14-10(7-11)1-4-15(21)19-14/h1-7,12,17H,8-9,18H2,(H,19,21)/b13-5-,17-6?. The molecule has 0 bridgehead atoms. The van der Waals surface area contributed by atoms with Gasteiger partial charge in [-0.15, -0.1) is 0 Å². The molecule has 1 fully saturated rings. The van der Waals surface area contributed by atoms with E-state index < -0.39 is 0 Å². The fourth-order valence-electron chi connectivity index (χ4n) is 2.42. The van der Waals surface area contributed by atoms with E-state index in [1.807, 2.05) is 6.07 Å². The number of likely N-dealkylation sites (tertiary alicyclic amines) is 1. The number of carbonyl (C=O) groups is 1. The van der Waals surface area contributed by atoms with Gasteiger partial charge in [0.25, 0.3) is 5.91 Å². The van der Waals surface area contributed by atoms with Crippen molar-refractivity contribution in [2.24, 2.45) is 5.73 Å². The summed E-state index contributed by atoms with van der Waals surface area (Å²) in [7, 11) is 0. The zero-order valence-corrected chi connectivity index (χ0v) is 12.3. The van der Waals surface area contributed by atoms with E-state index >= 15 is 0 Å². The molecule has 0 unspecified atom stereocenters. The third-order valence-electron chi connectivity index (χ3n) is 3.64. The third kappa shape index (κ3) is 3.08. The van der Waals surface area contributed by atoms with Gasteiger partial charge in [-0.3, -0.25) is 9.59 Å². The van der Waals surface area contributed by atoms with Gasteiger partial charge in [0.15, 0.2) is 0 Å². The maximum atomic E-state index is 11.9. The molecule has 0 aliphatic carbocycles. The molecule has 2 aromatic rings. The number of nitrogens with two attached hydrogens (primary N) is 1. The number of pyridine rings is 1. The number of hydrogen-bond acceptors (Lipinski definition) is 5. The number of ether oxygens (including phenoxy) is 1. The molecule has 3 rings (SSSR count). The number of fused-ring (bicyclic) bond motifs is 1. The second-order valence-electron chi connectivity index (χ2n) is 5.31. The summed E-state index contributed by atoms with van der Waals surface area (Å²) in [5.74, 6) is 0.397. The first-order valence-corrected chi connectivity index (χ1v) is 7.12. The Kier molecular flexibility index (Phi) is 3.84. The minimum Gasteiger partial charge on any atom is -0.487 e. The lowest BCUT2D eigenvalue weighted by Gasteiger charge is -2.38. The molecule has 1 aromatic carbocycles. The maximum absolute atomic E-state index is 11.9. The van der Waals surface area contributed by atoms with Crippen LogP contribution in [-0.4, -0.2) is 41.2 Å². The lowest BCUT2D eigenvalue weighted by atomic mass is 10.1. The van der Waals surface area contributed by atoms with Crippen molar-refractivity contribution in [1.29, 1.82) is 5.41 Å². The highest BCUT2D eigenvalue weighted by Gasteiger charge is 2.33. The first-order valence-electron chi connectivity index (χ1n) is 7.12. The Balaban J connectivity index is 1.63. The summed E-state index contributed by atoms with van der Waals surface area (Å²) in [6.07, 6.45) is 2.16. The lowest BCUT2D eigenvalue weighted by molar-refractivity contribution is -0.135. The second-order valence-corrected chi connectivity index (χ2v) is 5.31. The lowest BCUT2D eigenvalue weighted by Crippen LogP contribution is -2.57. The SMILES string of the molecule is N=C/C=C(\N)C(=O)N1CC(Oc2ccc3[nH]c(=O)ccc3c2)C1. The molecule has 0 spiro atoms. The Hall–Kier alpha value is -3.09. The van der Waals surface area contributed by atoms with E-state index in [2.05, 4.69) is 4.98 Å². The Bertz CT molecular complexity index is 850. The Morgan fingerprint density at radius 3 is 2.87 bits per heavy atom. The molecule has 1 aromatic heterocycles. The van der Waals surface area contributed by atoms with Gasteiger partial charge < -0.3 is 25.8 Å². The fourth-order valence-corrected chi connectivity index (χ4v) is 2.42. The van der Waals surface area contributed by atoms with Crippen molar-refractivity contribution in [2.75, 3.05) is 13.1 Å². The largest absolute Gasteiger partial charge is 0.487 e. The molecular formula is C16H16N4O3. The van der Waals surface area contributed by atoms with Gasteiger partial charge in [0.1, 0.15) is 11.9 Å². The van der Waals surface area contributed by atoms with Gasteiger partial charge in [-0.1, -0.05) is 0 Å². The van der Waals surface area contributed by atoms with Gasteiger partial charge in [0.05, 0.1) is 18.8 Å². The van der Waals surface area contributed by atoms with Crippen molar-refractivity contribution in [3.63, 3.8) is 0 Å². The molecule has 1 aliphatic heterocycles. The predicted molar refractivity (Wildman–Crippen MR) is 86.6 cm³/mol. The van der Waals surface area contributed by atoms with Crippen LogP contribution >= 0.6 is 0 Å². The van der Waals surface area contributed by atoms with Gasteiger partial charge in [-0.2, -0.15) is 0 Å². The van der Waals surface area contributed by atoms with Crippen molar-refractivity contribution in [2.45, 2.75) is 6.10 Å². The van der Waals surface area contributed by atoms with E-state index in [4.69, 9.17) is 15.9 Å². The Morgan fingerprint density at radius 1 is 1.35 bits per heavy atom. The van der Waals surface area contributed by atoms with E-state index in [1.165, 1.54) is 12.1 Å². The Morgan fingerprint density at radius 2 is 2.13 bits per heavy atom. The summed E-state index contributed by atoms with van der Waals surface area (Å²) in [5, 5.41) is 7.79. The average molecular weight is 312 g/mol. The van der Waals surface area contributed by atoms with Crippen molar-refractivity contribution in [3.05, 3.63) is 52.5 Å². The number of benzene rings is 1. The molecule has 1 amide bonds. The van der Waals surface area contributed by atoms with Crippen LogP contribution in [0.1, 0.15) is 0 Å². The van der Waals surface area contributed by atoms with E-state index in [1.54, 1.807) is 23.1 Å². The smallest absolute Gasteiger partial charge is 0.270 e. The van der Waals surface area contributed by atoms with E-state index in [0.29, 0.717) is 18.8 Å². The molecular weight excluding hydrogens is 296 g/mol. The number of aromatic nitrogens is 1. The first kappa shape index (κ1) is 14.8. The number of allylic oxidation sites excluding steroid dienone is 1. The van der Waals surface area contributed by atoms with Gasteiger partial charge in [0, 0.05) is 23.2 Å². The number of amides is 1.